The van der Waals surface area contributed by atoms with Crippen molar-refractivity contribution >= 4 is 44.3 Å². The first-order valence-corrected chi connectivity index (χ1v) is 7.34. The number of nitrogens with zero attached hydrogens (tertiary/aromatic N) is 1. The number of aromatic nitrogens is 1. The van der Waals surface area contributed by atoms with Crippen molar-refractivity contribution in [2.24, 2.45) is 0 Å². The SMILES string of the molecule is Cc1ccc(CNc2ccc3scnc3c2N)s1. The second-order valence-electron chi connectivity index (χ2n) is 4.09. The van der Waals surface area contributed by atoms with E-state index in [-0.39, 0.29) is 0 Å². The van der Waals surface area contributed by atoms with Crippen LogP contribution in [0.15, 0.2) is 29.8 Å². The molecule has 0 aliphatic heterocycles. The number of hydrogen-bond donors (Lipinski definition) is 2. The maximum absolute atomic E-state index is 6.12. The fraction of sp³-hybridized carbons (Fsp3) is 0.154. The zero-order valence-corrected chi connectivity index (χ0v) is 11.6. The monoisotopic (exact) mass is 275 g/mol. The third-order valence-corrected chi connectivity index (χ3v) is 4.59. The summed E-state index contributed by atoms with van der Waals surface area (Å²) in [6.45, 7) is 2.92. The smallest absolute Gasteiger partial charge is 0.106 e. The molecule has 0 saturated carbocycles. The Kier molecular flexibility index (Phi) is 2.93. The highest BCUT2D eigenvalue weighted by atomic mass is 32.1. The van der Waals surface area contributed by atoms with Crippen LogP contribution in [0.3, 0.4) is 0 Å². The van der Waals surface area contributed by atoms with Crippen molar-refractivity contribution in [1.29, 1.82) is 0 Å². The van der Waals surface area contributed by atoms with Gasteiger partial charge in [0, 0.05) is 16.3 Å². The van der Waals surface area contributed by atoms with E-state index >= 15 is 0 Å². The molecule has 0 bridgehead atoms. The lowest BCUT2D eigenvalue weighted by molar-refractivity contribution is 1.20. The van der Waals surface area contributed by atoms with Gasteiger partial charge < -0.3 is 11.1 Å². The quantitative estimate of drug-likeness (QED) is 0.714. The van der Waals surface area contributed by atoms with Crippen molar-refractivity contribution in [2.75, 3.05) is 11.1 Å². The molecule has 0 unspecified atom stereocenters. The van der Waals surface area contributed by atoms with Gasteiger partial charge in [-0.1, -0.05) is 0 Å². The number of aryl methyl sites for hydroxylation is 1. The Morgan fingerprint density at radius 2 is 2.17 bits per heavy atom. The highest BCUT2D eigenvalue weighted by Crippen LogP contribution is 2.30. The molecule has 5 heteroatoms. The van der Waals surface area contributed by atoms with Crippen LogP contribution in [-0.4, -0.2) is 4.98 Å². The van der Waals surface area contributed by atoms with Crippen LogP contribution in [0.25, 0.3) is 10.2 Å². The van der Waals surface area contributed by atoms with Crippen LogP contribution < -0.4 is 11.1 Å². The van der Waals surface area contributed by atoms with Crippen molar-refractivity contribution < 1.29 is 0 Å². The molecule has 2 aromatic heterocycles. The third-order valence-electron chi connectivity index (χ3n) is 2.79. The van der Waals surface area contributed by atoms with Gasteiger partial charge in [0.25, 0.3) is 0 Å². The Morgan fingerprint density at radius 3 is 2.94 bits per heavy atom. The average molecular weight is 275 g/mol. The largest absolute Gasteiger partial charge is 0.395 e. The third kappa shape index (κ3) is 2.07. The lowest BCUT2D eigenvalue weighted by atomic mass is 10.2. The molecule has 1 aromatic carbocycles. The summed E-state index contributed by atoms with van der Waals surface area (Å²) < 4.78 is 1.13. The van der Waals surface area contributed by atoms with Gasteiger partial charge in [-0.25, -0.2) is 4.98 Å². The molecule has 0 atom stereocenters. The number of thiophene rings is 1. The van der Waals surface area contributed by atoms with E-state index in [1.807, 2.05) is 11.6 Å². The van der Waals surface area contributed by atoms with Crippen molar-refractivity contribution in [3.8, 4) is 0 Å². The van der Waals surface area contributed by atoms with E-state index in [9.17, 15) is 0 Å². The summed E-state index contributed by atoms with van der Waals surface area (Å²) in [7, 11) is 0. The summed E-state index contributed by atoms with van der Waals surface area (Å²) in [4.78, 5) is 6.93. The molecular weight excluding hydrogens is 262 g/mol. The zero-order chi connectivity index (χ0) is 12.5. The normalized spacial score (nSPS) is 10.9. The van der Waals surface area contributed by atoms with E-state index in [1.54, 1.807) is 22.7 Å². The first-order valence-electron chi connectivity index (χ1n) is 5.65. The minimum absolute atomic E-state index is 0.738. The number of rotatable bonds is 3. The minimum atomic E-state index is 0.738. The summed E-state index contributed by atoms with van der Waals surface area (Å²) in [6.07, 6.45) is 0. The molecule has 3 N–H and O–H groups in total. The van der Waals surface area contributed by atoms with Gasteiger partial charge in [0.15, 0.2) is 0 Å². The number of nitrogens with one attached hydrogen (secondary N) is 1. The Balaban J connectivity index is 1.84. The van der Waals surface area contributed by atoms with Crippen molar-refractivity contribution in [2.45, 2.75) is 13.5 Å². The number of thiazole rings is 1. The minimum Gasteiger partial charge on any atom is -0.395 e. The molecule has 0 aliphatic carbocycles. The van der Waals surface area contributed by atoms with E-state index < -0.39 is 0 Å². The van der Waals surface area contributed by atoms with Crippen molar-refractivity contribution in [3.05, 3.63) is 39.5 Å². The molecule has 0 saturated heterocycles. The van der Waals surface area contributed by atoms with Crippen LogP contribution in [0.1, 0.15) is 9.75 Å². The number of fused-ring (bicyclic) bond motifs is 1. The van der Waals surface area contributed by atoms with Crippen molar-refractivity contribution in [1.82, 2.24) is 4.98 Å². The molecule has 2 heterocycles. The fourth-order valence-electron chi connectivity index (χ4n) is 1.87. The van der Waals surface area contributed by atoms with Gasteiger partial charge in [0.2, 0.25) is 0 Å². The molecule has 0 radical (unpaired) electrons. The average Bonchev–Trinajstić information content (AvgIpc) is 2.97. The van der Waals surface area contributed by atoms with Crippen LogP contribution in [0.4, 0.5) is 11.4 Å². The predicted molar refractivity (Wildman–Crippen MR) is 80.4 cm³/mol. The van der Waals surface area contributed by atoms with Gasteiger partial charge >= 0.3 is 0 Å². The number of nitrogen functional groups attached to an aromatic ring is 1. The highest BCUT2D eigenvalue weighted by molar-refractivity contribution is 7.16. The van der Waals surface area contributed by atoms with Crippen LogP contribution in [0.5, 0.6) is 0 Å². The summed E-state index contributed by atoms with van der Waals surface area (Å²) in [5.41, 5.74) is 10.5. The van der Waals surface area contributed by atoms with Crippen LogP contribution in [0, 0.1) is 6.92 Å². The van der Waals surface area contributed by atoms with E-state index in [1.165, 1.54) is 9.75 Å². The molecule has 92 valence electrons. The van der Waals surface area contributed by atoms with Gasteiger partial charge in [0.1, 0.15) is 5.52 Å². The summed E-state index contributed by atoms with van der Waals surface area (Å²) >= 11 is 3.41. The van der Waals surface area contributed by atoms with E-state index in [2.05, 4.69) is 35.4 Å². The van der Waals surface area contributed by atoms with Gasteiger partial charge in [0.05, 0.1) is 21.6 Å². The molecule has 0 fully saturated rings. The maximum Gasteiger partial charge on any atom is 0.106 e. The van der Waals surface area contributed by atoms with Crippen LogP contribution in [-0.2, 0) is 6.54 Å². The van der Waals surface area contributed by atoms with Crippen LogP contribution in [0.2, 0.25) is 0 Å². The number of nitrogens with two attached hydrogens (primary N) is 1. The van der Waals surface area contributed by atoms with Crippen molar-refractivity contribution in [3.63, 3.8) is 0 Å². The second-order valence-corrected chi connectivity index (χ2v) is 6.35. The molecule has 3 rings (SSSR count). The zero-order valence-electron chi connectivity index (χ0n) is 9.93. The Hall–Kier alpha value is -1.59. The van der Waals surface area contributed by atoms with Crippen LogP contribution >= 0.6 is 22.7 Å². The van der Waals surface area contributed by atoms with Gasteiger partial charge in [-0.15, -0.1) is 22.7 Å². The second kappa shape index (κ2) is 4.59. The maximum atomic E-state index is 6.12. The van der Waals surface area contributed by atoms with Gasteiger partial charge in [-0.2, -0.15) is 0 Å². The number of benzene rings is 1. The topological polar surface area (TPSA) is 50.9 Å². The van der Waals surface area contributed by atoms with E-state index in [0.29, 0.717) is 0 Å². The Labute approximate surface area is 113 Å². The number of anilines is 2. The summed E-state index contributed by atoms with van der Waals surface area (Å²) in [5.74, 6) is 0. The fourth-order valence-corrected chi connectivity index (χ4v) is 3.39. The van der Waals surface area contributed by atoms with Gasteiger partial charge in [-0.05, 0) is 31.2 Å². The van der Waals surface area contributed by atoms with Gasteiger partial charge in [-0.3, -0.25) is 0 Å². The molecule has 3 aromatic rings. The standard InChI is InChI=1S/C13H13N3S2/c1-8-2-3-9(18-8)6-15-10-4-5-11-13(12(10)14)16-7-17-11/h2-5,7,15H,6,14H2,1H3. The van der Waals surface area contributed by atoms with E-state index in [0.717, 1.165) is 28.1 Å². The lowest BCUT2D eigenvalue weighted by Gasteiger charge is -2.08. The molecule has 3 nitrogen and oxygen atoms in total. The Bertz CT molecular complexity index is 684. The molecular formula is C13H13N3S2. The molecule has 0 spiro atoms. The summed E-state index contributed by atoms with van der Waals surface area (Å²) in [5, 5.41) is 3.37. The number of hydrogen-bond acceptors (Lipinski definition) is 5. The molecule has 0 amide bonds. The Morgan fingerprint density at radius 1 is 1.28 bits per heavy atom. The van der Waals surface area contributed by atoms with E-state index in [4.69, 9.17) is 5.73 Å². The summed E-state index contributed by atoms with van der Waals surface area (Å²) in [6, 6.07) is 8.36. The highest BCUT2D eigenvalue weighted by Gasteiger charge is 2.06. The first-order chi connectivity index (χ1) is 8.74. The molecule has 0 aliphatic rings. The lowest BCUT2D eigenvalue weighted by Crippen LogP contribution is -2.01. The molecule has 18 heavy (non-hydrogen) atoms. The predicted octanol–water partition coefficient (Wildman–Crippen LogP) is 3.86. The first kappa shape index (κ1) is 11.5.